The third-order valence-corrected chi connectivity index (χ3v) is 5.61. The minimum Gasteiger partial charge on any atom is -0.493 e. The van der Waals surface area contributed by atoms with Crippen LogP contribution in [-0.2, 0) is 14.4 Å². The van der Waals surface area contributed by atoms with Gasteiger partial charge in [-0.2, -0.15) is 10.1 Å². The van der Waals surface area contributed by atoms with E-state index < -0.39 is 12.1 Å². The summed E-state index contributed by atoms with van der Waals surface area (Å²) in [6.07, 6.45) is 5.33. The maximum Gasteiger partial charge on any atom is 0.344 e. The molecule has 146 valence electrons. The minimum atomic E-state index is -1.09. The van der Waals surface area contributed by atoms with E-state index in [1.54, 1.807) is 18.2 Å². The van der Waals surface area contributed by atoms with Gasteiger partial charge in [0.05, 0.1) is 25.2 Å². The molecule has 1 aliphatic heterocycles. The molecule has 1 heterocycles. The zero-order chi connectivity index (χ0) is 20.0. The summed E-state index contributed by atoms with van der Waals surface area (Å²) in [5.41, 5.74) is 0.589. The van der Waals surface area contributed by atoms with Gasteiger partial charge >= 0.3 is 5.97 Å². The maximum absolute atomic E-state index is 12.6. The average Bonchev–Trinajstić information content (AvgIpc) is 3.35. The first-order chi connectivity index (χ1) is 13.4. The van der Waals surface area contributed by atoms with Gasteiger partial charge in [0.25, 0.3) is 11.8 Å². The Balaban J connectivity index is 1.51. The Morgan fingerprint density at radius 3 is 2.43 bits per heavy atom. The molecule has 8 heteroatoms. The lowest BCUT2D eigenvalue weighted by Gasteiger charge is -2.14. The number of allylic oxidation sites excluding steroid dienone is 2. The summed E-state index contributed by atoms with van der Waals surface area (Å²) in [6, 6.07) is 4.81. The summed E-state index contributed by atoms with van der Waals surface area (Å²) in [5.74, 6) is -1.28. The van der Waals surface area contributed by atoms with Gasteiger partial charge in [0.1, 0.15) is 0 Å². The fourth-order valence-corrected chi connectivity index (χ4v) is 4.23. The van der Waals surface area contributed by atoms with Gasteiger partial charge in [0, 0.05) is 0 Å². The predicted octanol–water partition coefficient (Wildman–Crippen LogP) is 1.69. The molecule has 1 aromatic rings. The largest absolute Gasteiger partial charge is 0.493 e. The van der Waals surface area contributed by atoms with Crippen molar-refractivity contribution in [3.63, 3.8) is 0 Å². The van der Waals surface area contributed by atoms with Crippen molar-refractivity contribution in [2.45, 2.75) is 19.4 Å². The van der Waals surface area contributed by atoms with Gasteiger partial charge < -0.3 is 14.6 Å². The van der Waals surface area contributed by atoms with E-state index in [1.807, 2.05) is 12.2 Å². The fourth-order valence-electron chi connectivity index (χ4n) is 4.23. The third-order valence-electron chi connectivity index (χ3n) is 5.61. The van der Waals surface area contributed by atoms with E-state index in [4.69, 9.17) is 14.6 Å². The Hall–Kier alpha value is -3.16. The van der Waals surface area contributed by atoms with Crippen LogP contribution < -0.4 is 9.47 Å². The molecule has 5 unspecified atom stereocenters. The number of ether oxygens (including phenoxy) is 2. The van der Waals surface area contributed by atoms with Crippen LogP contribution >= 0.6 is 0 Å². The van der Waals surface area contributed by atoms with E-state index in [2.05, 4.69) is 5.10 Å². The molecule has 4 rings (SSSR count). The molecular weight excluding hydrogens is 364 g/mol. The second-order valence-electron chi connectivity index (χ2n) is 7.24. The fraction of sp³-hybridized carbons (Fsp3) is 0.400. The van der Waals surface area contributed by atoms with E-state index in [0.29, 0.717) is 11.3 Å². The van der Waals surface area contributed by atoms with Crippen LogP contribution in [0.5, 0.6) is 11.5 Å². The molecule has 2 fully saturated rings. The number of methoxy groups -OCH3 is 1. The number of hydrogen-bond donors (Lipinski definition) is 1. The zero-order valence-corrected chi connectivity index (χ0v) is 15.4. The number of benzene rings is 1. The van der Waals surface area contributed by atoms with Gasteiger partial charge in [-0.05, 0) is 48.9 Å². The normalized spacial score (nSPS) is 28.9. The Labute approximate surface area is 161 Å². The van der Waals surface area contributed by atoms with Crippen molar-refractivity contribution < 1.29 is 29.0 Å². The van der Waals surface area contributed by atoms with Crippen molar-refractivity contribution in [3.8, 4) is 11.5 Å². The lowest BCUT2D eigenvalue weighted by molar-refractivity contribution is -0.144. The zero-order valence-electron chi connectivity index (χ0n) is 15.4. The monoisotopic (exact) mass is 384 g/mol. The molecule has 2 amide bonds. The van der Waals surface area contributed by atoms with Gasteiger partial charge in [-0.25, -0.2) is 4.79 Å². The molecule has 1 saturated heterocycles. The summed E-state index contributed by atoms with van der Waals surface area (Å²) < 4.78 is 10.6. The Morgan fingerprint density at radius 2 is 1.86 bits per heavy atom. The van der Waals surface area contributed by atoms with Crippen molar-refractivity contribution in [2.75, 3.05) is 7.11 Å². The highest BCUT2D eigenvalue weighted by Crippen LogP contribution is 2.52. The summed E-state index contributed by atoms with van der Waals surface area (Å²) in [7, 11) is 1.44. The van der Waals surface area contributed by atoms with Gasteiger partial charge in [-0.15, -0.1) is 0 Å². The topological polar surface area (TPSA) is 106 Å². The number of carboxylic acids is 1. The molecule has 1 N–H and O–H groups in total. The summed E-state index contributed by atoms with van der Waals surface area (Å²) in [4.78, 5) is 36.2. The van der Waals surface area contributed by atoms with Crippen LogP contribution in [0.2, 0.25) is 0 Å². The standard InChI is InChI=1S/C20H20N2O6/c1-10(20(25)26)28-14-6-3-11(7-15(14)27-2)9-21-22-18(23)16-12-4-5-13(8-12)17(16)19(22)24/h3-7,9-10,12-13,16-17H,8H2,1-2H3,(H,25,26). The van der Waals surface area contributed by atoms with E-state index in [9.17, 15) is 14.4 Å². The molecule has 8 nitrogen and oxygen atoms in total. The maximum atomic E-state index is 12.6. The Morgan fingerprint density at radius 1 is 1.21 bits per heavy atom. The number of carboxylic acid groups (broad SMARTS) is 1. The quantitative estimate of drug-likeness (QED) is 0.455. The molecule has 2 aliphatic carbocycles. The van der Waals surface area contributed by atoms with Crippen molar-refractivity contribution >= 4 is 24.0 Å². The van der Waals surface area contributed by atoms with Crippen molar-refractivity contribution in [3.05, 3.63) is 35.9 Å². The van der Waals surface area contributed by atoms with Crippen molar-refractivity contribution in [1.82, 2.24) is 5.01 Å². The number of fused-ring (bicyclic) bond motifs is 5. The molecule has 1 saturated carbocycles. The number of carbonyl (C=O) groups is 3. The summed E-state index contributed by atoms with van der Waals surface area (Å²) >= 11 is 0. The molecule has 28 heavy (non-hydrogen) atoms. The number of nitrogens with zero attached hydrogens (tertiary/aromatic N) is 2. The van der Waals surface area contributed by atoms with Crippen LogP contribution in [0.25, 0.3) is 0 Å². The van der Waals surface area contributed by atoms with E-state index in [-0.39, 0.29) is 41.2 Å². The van der Waals surface area contributed by atoms with Gasteiger partial charge in [-0.1, -0.05) is 12.2 Å². The molecule has 1 aromatic carbocycles. The van der Waals surface area contributed by atoms with Gasteiger partial charge in [-0.3, -0.25) is 9.59 Å². The van der Waals surface area contributed by atoms with Crippen LogP contribution in [0.15, 0.2) is 35.5 Å². The first kappa shape index (κ1) is 18.2. The minimum absolute atomic E-state index is 0.138. The van der Waals surface area contributed by atoms with Crippen LogP contribution in [0.1, 0.15) is 18.9 Å². The smallest absolute Gasteiger partial charge is 0.344 e. The van der Waals surface area contributed by atoms with Gasteiger partial charge in [0.2, 0.25) is 0 Å². The third kappa shape index (κ3) is 2.85. The van der Waals surface area contributed by atoms with Crippen LogP contribution in [-0.4, -0.2) is 47.3 Å². The van der Waals surface area contributed by atoms with Gasteiger partial charge in [0.15, 0.2) is 17.6 Å². The number of rotatable bonds is 6. The second-order valence-corrected chi connectivity index (χ2v) is 7.24. The van der Waals surface area contributed by atoms with Crippen LogP contribution in [0, 0.1) is 23.7 Å². The highest BCUT2D eigenvalue weighted by atomic mass is 16.5. The lowest BCUT2D eigenvalue weighted by Crippen LogP contribution is -2.28. The lowest BCUT2D eigenvalue weighted by atomic mass is 9.85. The highest BCUT2D eigenvalue weighted by molar-refractivity contribution is 6.06. The molecule has 0 aromatic heterocycles. The molecule has 3 aliphatic rings. The molecule has 2 bridgehead atoms. The molecule has 0 radical (unpaired) electrons. The Bertz CT molecular complexity index is 878. The van der Waals surface area contributed by atoms with Crippen LogP contribution in [0.4, 0.5) is 0 Å². The first-order valence-electron chi connectivity index (χ1n) is 9.08. The summed E-state index contributed by atoms with van der Waals surface area (Å²) in [5, 5.41) is 14.1. The number of carbonyl (C=O) groups excluding carboxylic acids is 2. The summed E-state index contributed by atoms with van der Waals surface area (Å²) in [6.45, 7) is 1.42. The van der Waals surface area contributed by atoms with E-state index in [0.717, 1.165) is 11.4 Å². The van der Waals surface area contributed by atoms with Crippen LogP contribution in [0.3, 0.4) is 0 Å². The number of hydrazone groups is 1. The Kier molecular flexibility index (Phi) is 4.41. The molecule has 5 atom stereocenters. The second kappa shape index (κ2) is 6.78. The number of imide groups is 1. The van der Waals surface area contributed by atoms with E-state index in [1.165, 1.54) is 20.2 Å². The molecular formula is C20H20N2O6. The van der Waals surface area contributed by atoms with Crippen molar-refractivity contribution in [2.24, 2.45) is 28.8 Å². The number of aliphatic carboxylic acids is 1. The highest BCUT2D eigenvalue weighted by Gasteiger charge is 2.59. The molecule has 0 spiro atoms. The van der Waals surface area contributed by atoms with Crippen molar-refractivity contribution in [1.29, 1.82) is 0 Å². The first-order valence-corrected chi connectivity index (χ1v) is 9.08. The SMILES string of the molecule is COc1cc(C=NN2C(=O)C3C4C=CC(C4)C3C2=O)ccc1OC(C)C(=O)O. The van der Waals surface area contributed by atoms with E-state index >= 15 is 0 Å². The number of hydrogen-bond acceptors (Lipinski definition) is 6. The number of amides is 2. The average molecular weight is 384 g/mol. The predicted molar refractivity (Wildman–Crippen MR) is 97.9 cm³/mol.